The second-order valence-corrected chi connectivity index (χ2v) is 15.3. The third kappa shape index (κ3) is 5.92. The highest BCUT2D eigenvalue weighted by atomic mass is 32.1. The van der Waals surface area contributed by atoms with Crippen molar-refractivity contribution >= 4 is 65.5 Å². The minimum Gasteiger partial charge on any atom is -0.135 e. The van der Waals surface area contributed by atoms with Crippen LogP contribution in [0.2, 0.25) is 0 Å². The molecular formula is C51H42S. The van der Waals surface area contributed by atoms with Crippen molar-refractivity contribution in [3.63, 3.8) is 0 Å². The van der Waals surface area contributed by atoms with Gasteiger partial charge in [0.2, 0.25) is 0 Å². The fourth-order valence-corrected chi connectivity index (χ4v) is 9.03. The van der Waals surface area contributed by atoms with E-state index in [2.05, 4.69) is 173 Å². The van der Waals surface area contributed by atoms with Crippen molar-refractivity contribution in [3.05, 3.63) is 215 Å². The summed E-state index contributed by atoms with van der Waals surface area (Å²) in [5.74, 6) is 0. The molecular weight excluding hydrogens is 645 g/mol. The van der Waals surface area contributed by atoms with Crippen LogP contribution in [0.4, 0.5) is 0 Å². The first kappa shape index (κ1) is 33.4. The Hall–Kier alpha value is -5.76. The van der Waals surface area contributed by atoms with Gasteiger partial charge in [-0.2, -0.15) is 0 Å². The van der Waals surface area contributed by atoms with Crippen molar-refractivity contribution in [1.29, 1.82) is 0 Å². The molecule has 0 saturated heterocycles. The maximum Gasteiger partial charge on any atom is 0.0361 e. The van der Waals surface area contributed by atoms with Gasteiger partial charge in [0, 0.05) is 25.6 Å². The van der Waals surface area contributed by atoms with Crippen molar-refractivity contribution < 1.29 is 0 Å². The molecule has 0 amide bonds. The number of allylic oxidation sites excluding steroid dienone is 10. The number of rotatable bonds is 7. The van der Waals surface area contributed by atoms with Gasteiger partial charge >= 0.3 is 0 Å². The monoisotopic (exact) mass is 686 g/mol. The highest BCUT2D eigenvalue weighted by Gasteiger charge is 2.35. The summed E-state index contributed by atoms with van der Waals surface area (Å²) < 4.78 is 2.60. The molecule has 8 rings (SSSR count). The number of thiophene rings is 1. The highest BCUT2D eigenvalue weighted by Crippen LogP contribution is 2.50. The number of hydrogen-bond acceptors (Lipinski definition) is 1. The Labute approximate surface area is 311 Å². The highest BCUT2D eigenvalue weighted by molar-refractivity contribution is 7.25. The minimum absolute atomic E-state index is 0.165. The molecule has 2 aliphatic carbocycles. The Balaban J connectivity index is 1.40. The first-order valence-corrected chi connectivity index (χ1v) is 18.9. The van der Waals surface area contributed by atoms with E-state index in [4.69, 9.17) is 6.58 Å². The van der Waals surface area contributed by atoms with E-state index in [0.717, 1.165) is 56.7 Å². The molecule has 0 N–H and O–H groups in total. The average molecular weight is 687 g/mol. The molecule has 1 aromatic heterocycles. The van der Waals surface area contributed by atoms with Crippen LogP contribution >= 0.6 is 11.3 Å². The first-order valence-electron chi connectivity index (χ1n) is 18.1. The van der Waals surface area contributed by atoms with Gasteiger partial charge in [-0.25, -0.2) is 0 Å². The lowest BCUT2D eigenvalue weighted by molar-refractivity contribution is 0.704. The number of hydrogen-bond donors (Lipinski definition) is 0. The van der Waals surface area contributed by atoms with E-state index in [1.54, 1.807) is 0 Å². The van der Waals surface area contributed by atoms with Crippen LogP contribution in [0.3, 0.4) is 0 Å². The van der Waals surface area contributed by atoms with Crippen LogP contribution in [0.25, 0.3) is 54.1 Å². The van der Waals surface area contributed by atoms with Gasteiger partial charge in [0.1, 0.15) is 0 Å². The molecule has 2 aliphatic rings. The molecule has 0 unspecified atom stereocenters. The second kappa shape index (κ2) is 13.8. The SMILES string of the molecule is C=C/C(=C\C(=C)C1=c2\cccc\c2=C(C(=C)c2cc3c(cc2C2=Cc4ccccc4C2(C)C)sc2ccccc23)\C=C\CC\C=C\1)c1ccccc1. The molecule has 6 aromatic rings. The Morgan fingerprint density at radius 1 is 0.692 bits per heavy atom. The van der Waals surface area contributed by atoms with Crippen LogP contribution in [0.5, 0.6) is 0 Å². The largest absolute Gasteiger partial charge is 0.135 e. The summed E-state index contributed by atoms with van der Waals surface area (Å²) in [4.78, 5) is 0. The van der Waals surface area contributed by atoms with Gasteiger partial charge < -0.3 is 0 Å². The van der Waals surface area contributed by atoms with E-state index in [-0.39, 0.29) is 5.41 Å². The number of benzene rings is 5. The third-order valence-corrected chi connectivity index (χ3v) is 11.8. The van der Waals surface area contributed by atoms with Crippen LogP contribution < -0.4 is 10.4 Å². The average Bonchev–Trinajstić information content (AvgIpc) is 3.68. The number of fused-ring (bicyclic) bond motifs is 5. The Morgan fingerprint density at radius 2 is 1.35 bits per heavy atom. The lowest BCUT2D eigenvalue weighted by Crippen LogP contribution is -2.29. The zero-order chi connectivity index (χ0) is 35.8. The normalized spacial score (nSPS) is 18.7. The maximum atomic E-state index is 4.96. The second-order valence-electron chi connectivity index (χ2n) is 14.2. The summed E-state index contributed by atoms with van der Waals surface area (Å²) in [6.45, 7) is 18.5. The van der Waals surface area contributed by atoms with E-state index in [9.17, 15) is 0 Å². The molecule has 1 heterocycles. The lowest BCUT2D eigenvalue weighted by Gasteiger charge is -2.27. The van der Waals surface area contributed by atoms with E-state index in [1.165, 1.54) is 48.0 Å². The fourth-order valence-electron chi connectivity index (χ4n) is 7.90. The molecule has 0 fully saturated rings. The molecule has 252 valence electrons. The lowest BCUT2D eigenvalue weighted by atomic mass is 9.76. The first-order chi connectivity index (χ1) is 25.3. The summed E-state index contributed by atoms with van der Waals surface area (Å²) in [6, 6.07) is 41.6. The predicted octanol–water partition coefficient (Wildman–Crippen LogP) is 12.6. The van der Waals surface area contributed by atoms with Crippen molar-refractivity contribution in [2.45, 2.75) is 32.1 Å². The standard InChI is InChI=1S/C51H42S/c1-6-36(37-20-10-9-11-21-37)30-34(2)39-23-12-7-8-13-24-40(42-26-16-15-25-41(39)42)35(3)44-32-46-43-27-17-19-29-49(43)52-50(46)33-45(44)48-31-38-22-14-18-28-47(38)51(48,4)5/h6,9-33H,1-3,7-8H2,4-5H3/b23-12+,24-13+,36-30+,41-39+,42-40+. The molecule has 0 atom stereocenters. The Morgan fingerprint density at radius 3 is 2.10 bits per heavy atom. The van der Waals surface area contributed by atoms with E-state index in [0.29, 0.717) is 0 Å². The quantitative estimate of drug-likeness (QED) is 0.147. The summed E-state index contributed by atoms with van der Waals surface area (Å²) in [6.07, 6.45) is 17.5. The molecule has 5 aromatic carbocycles. The van der Waals surface area contributed by atoms with Crippen molar-refractivity contribution in [1.82, 2.24) is 0 Å². The van der Waals surface area contributed by atoms with Crippen molar-refractivity contribution in [2.24, 2.45) is 0 Å². The van der Waals surface area contributed by atoms with E-state index in [1.807, 2.05) is 23.5 Å². The minimum atomic E-state index is -0.165. The smallest absolute Gasteiger partial charge is 0.0361 e. The predicted molar refractivity (Wildman–Crippen MR) is 229 cm³/mol. The van der Waals surface area contributed by atoms with Crippen LogP contribution in [0.1, 0.15) is 54.5 Å². The zero-order valence-corrected chi connectivity index (χ0v) is 30.8. The summed E-state index contributed by atoms with van der Waals surface area (Å²) >= 11 is 1.87. The van der Waals surface area contributed by atoms with Crippen LogP contribution in [0.15, 0.2) is 177 Å². The molecule has 0 radical (unpaired) electrons. The van der Waals surface area contributed by atoms with Crippen LogP contribution in [-0.2, 0) is 5.41 Å². The molecule has 0 spiro atoms. The molecule has 52 heavy (non-hydrogen) atoms. The molecule has 0 saturated carbocycles. The van der Waals surface area contributed by atoms with Gasteiger partial charge in [-0.05, 0) is 115 Å². The Bertz CT molecular complexity index is 2680. The fraction of sp³-hybridized carbons (Fsp3) is 0.0980. The Kier molecular flexibility index (Phi) is 8.83. The van der Waals surface area contributed by atoms with Crippen molar-refractivity contribution in [3.8, 4) is 0 Å². The van der Waals surface area contributed by atoms with Gasteiger partial charge in [-0.3, -0.25) is 0 Å². The van der Waals surface area contributed by atoms with Gasteiger partial charge in [-0.15, -0.1) is 11.3 Å². The molecule has 0 bridgehead atoms. The topological polar surface area (TPSA) is 0 Å². The third-order valence-electron chi connectivity index (χ3n) is 10.6. The van der Waals surface area contributed by atoms with Gasteiger partial charge in [0.25, 0.3) is 0 Å². The van der Waals surface area contributed by atoms with Crippen LogP contribution in [0, 0.1) is 0 Å². The summed E-state index contributed by atoms with van der Waals surface area (Å²) in [5, 5.41) is 4.84. The maximum absolute atomic E-state index is 4.96. The van der Waals surface area contributed by atoms with Gasteiger partial charge in [0.05, 0.1) is 0 Å². The van der Waals surface area contributed by atoms with E-state index >= 15 is 0 Å². The van der Waals surface area contributed by atoms with Crippen molar-refractivity contribution in [2.75, 3.05) is 0 Å². The van der Waals surface area contributed by atoms with Crippen LogP contribution in [-0.4, -0.2) is 0 Å². The van der Waals surface area contributed by atoms with Gasteiger partial charge in [0.15, 0.2) is 0 Å². The molecule has 1 heteroatoms. The molecule has 0 nitrogen and oxygen atoms in total. The molecule has 0 aliphatic heterocycles. The van der Waals surface area contributed by atoms with Gasteiger partial charge in [-0.1, -0.05) is 161 Å². The summed E-state index contributed by atoms with van der Waals surface area (Å²) in [5.41, 5.74) is 12.6. The zero-order valence-electron chi connectivity index (χ0n) is 30.0. The van der Waals surface area contributed by atoms with E-state index < -0.39 is 0 Å². The summed E-state index contributed by atoms with van der Waals surface area (Å²) in [7, 11) is 0.